The number of carbonyl (C=O) groups is 1. The monoisotopic (exact) mass is 843 g/mol. The van der Waals surface area contributed by atoms with Gasteiger partial charge in [0.15, 0.2) is 0 Å². The number of ether oxygens (including phenoxy) is 2. The van der Waals surface area contributed by atoms with E-state index in [0.29, 0.717) is 6.10 Å². The van der Waals surface area contributed by atoms with E-state index >= 15 is 0 Å². The van der Waals surface area contributed by atoms with E-state index in [1.54, 1.807) is 0 Å². The molecule has 0 fully saturated rings. The summed E-state index contributed by atoms with van der Waals surface area (Å²) in [5.41, 5.74) is 6.28. The predicted octanol–water partition coefficient (Wildman–Crippen LogP) is 17.0. The quantitative estimate of drug-likeness (QED) is 0.0377. The van der Waals surface area contributed by atoms with E-state index < -0.39 is 0 Å². The summed E-state index contributed by atoms with van der Waals surface area (Å²) in [7, 11) is 0. The average molecular weight is 843 g/mol. The molecule has 5 heteroatoms. The predicted molar refractivity (Wildman–Crippen MR) is 266 cm³/mol. The van der Waals surface area contributed by atoms with Crippen LogP contribution in [0.5, 0.6) is 0 Å². The first kappa shape index (κ1) is 58.1. The maximum atomic E-state index is 12.1. The van der Waals surface area contributed by atoms with Crippen LogP contribution in [0.2, 0.25) is 0 Å². The van der Waals surface area contributed by atoms with Gasteiger partial charge in [-0.1, -0.05) is 207 Å². The molecule has 0 unspecified atom stereocenters. The van der Waals surface area contributed by atoms with E-state index in [4.69, 9.17) is 9.47 Å². The van der Waals surface area contributed by atoms with Gasteiger partial charge in [0.1, 0.15) is 11.5 Å². The van der Waals surface area contributed by atoms with Gasteiger partial charge in [0.25, 0.3) is 0 Å². The largest absolute Gasteiger partial charge is 0.490 e. The second-order valence-electron chi connectivity index (χ2n) is 18.5. The molecule has 1 amide bonds. The molecule has 60 heavy (non-hydrogen) atoms. The van der Waals surface area contributed by atoms with Crippen molar-refractivity contribution in [3.05, 3.63) is 36.1 Å². The molecule has 0 aromatic carbocycles. The smallest absolute Gasteiger partial charge is 0.222 e. The van der Waals surface area contributed by atoms with E-state index in [1.807, 2.05) is 13.8 Å². The number of nitrogens with one attached hydrogen (secondary N) is 1. The van der Waals surface area contributed by atoms with Crippen LogP contribution in [0.15, 0.2) is 36.1 Å². The van der Waals surface area contributed by atoms with E-state index in [2.05, 4.69) is 62.5 Å². The summed E-state index contributed by atoms with van der Waals surface area (Å²) in [6.45, 7) is 26.0. The summed E-state index contributed by atoms with van der Waals surface area (Å²) in [6, 6.07) is 0. The second kappa shape index (κ2) is 45.1. The lowest BCUT2D eigenvalue weighted by molar-refractivity contribution is -0.123. The molecule has 0 saturated carbocycles. The molecule has 0 bridgehead atoms. The van der Waals surface area contributed by atoms with Crippen molar-refractivity contribution in [2.75, 3.05) is 32.8 Å². The number of nitrogens with zero attached hydrogens (tertiary/aromatic N) is 1. The van der Waals surface area contributed by atoms with Gasteiger partial charge >= 0.3 is 0 Å². The van der Waals surface area contributed by atoms with Gasteiger partial charge in [0.2, 0.25) is 5.91 Å². The molecule has 0 aliphatic rings. The van der Waals surface area contributed by atoms with Gasteiger partial charge < -0.3 is 19.7 Å². The van der Waals surface area contributed by atoms with Crippen molar-refractivity contribution in [1.82, 2.24) is 10.2 Å². The van der Waals surface area contributed by atoms with Crippen molar-refractivity contribution in [3.63, 3.8) is 0 Å². The van der Waals surface area contributed by atoms with Crippen LogP contribution in [0.3, 0.4) is 0 Å². The number of allylic oxidation sites excluding steroid dienone is 2. The van der Waals surface area contributed by atoms with Crippen LogP contribution in [0.25, 0.3) is 0 Å². The average Bonchev–Trinajstić information content (AvgIpc) is 3.25. The molecule has 5 nitrogen and oxygen atoms in total. The highest BCUT2D eigenvalue weighted by Crippen LogP contribution is 2.23. The second-order valence-corrected chi connectivity index (χ2v) is 18.5. The van der Waals surface area contributed by atoms with Crippen LogP contribution in [0, 0.1) is 11.8 Å². The fourth-order valence-corrected chi connectivity index (χ4v) is 8.29. The number of carbonyl (C=O) groups excluding carboxylic acids is 1. The van der Waals surface area contributed by atoms with Crippen molar-refractivity contribution in [2.24, 2.45) is 11.8 Å². The zero-order valence-corrected chi connectivity index (χ0v) is 41.4. The lowest BCUT2D eigenvalue weighted by atomic mass is 9.93. The maximum Gasteiger partial charge on any atom is 0.222 e. The van der Waals surface area contributed by atoms with Crippen molar-refractivity contribution < 1.29 is 15.7 Å². The van der Waals surface area contributed by atoms with Crippen LogP contribution in [-0.2, 0) is 14.3 Å². The number of rotatable bonds is 47. The van der Waals surface area contributed by atoms with Gasteiger partial charge in [-0.3, -0.25) is 4.79 Å². The summed E-state index contributed by atoms with van der Waals surface area (Å²) >= 11 is 0. The molecule has 0 aromatic rings. The minimum Gasteiger partial charge on any atom is -0.490 e. The Morgan fingerprint density at radius 1 is 0.533 bits per heavy atom. The van der Waals surface area contributed by atoms with Crippen molar-refractivity contribution in [1.29, 1.82) is 0 Å². The van der Waals surface area contributed by atoms with Crippen molar-refractivity contribution in [2.45, 2.75) is 266 Å². The highest BCUT2D eigenvalue weighted by molar-refractivity contribution is 5.77. The lowest BCUT2D eigenvalue weighted by Crippen LogP contribution is -2.33. The summed E-state index contributed by atoms with van der Waals surface area (Å²) < 4.78 is 12.8. The van der Waals surface area contributed by atoms with Crippen LogP contribution < -0.4 is 5.32 Å². The molecule has 0 heterocycles. The van der Waals surface area contributed by atoms with Gasteiger partial charge in [0, 0.05) is 26.7 Å². The van der Waals surface area contributed by atoms with Gasteiger partial charge in [-0.25, -0.2) is 0 Å². The highest BCUT2D eigenvalue weighted by atomic mass is 16.5. The molecule has 0 aromatic heterocycles. The molecular weight excluding hydrogens is 737 g/mol. The van der Waals surface area contributed by atoms with E-state index in [-0.39, 0.29) is 13.3 Å². The van der Waals surface area contributed by atoms with Crippen LogP contribution in [-0.4, -0.2) is 49.7 Å². The molecule has 0 atom stereocenters. The van der Waals surface area contributed by atoms with Crippen LogP contribution >= 0.6 is 0 Å². The fraction of sp³-hybridized carbons (Fsp3) is 0.873. The minimum atomic E-state index is 0. The van der Waals surface area contributed by atoms with E-state index in [0.717, 1.165) is 88.7 Å². The lowest BCUT2D eigenvalue weighted by Gasteiger charge is -2.23. The SMILES string of the molecule is C=C=C(CCCCCCCN(CCCCCCCC(=C=C)OC(CCCCCCCC)CCCCCCCC)CCCNC(=O)C(C)C)OCCC(CCCC)CCCC.[HH]. The third-order valence-corrected chi connectivity index (χ3v) is 12.4. The summed E-state index contributed by atoms with van der Waals surface area (Å²) in [4.78, 5) is 14.8. The standard InChI is InChI=1S/C55H104N2O3.H2/c1-9-15-19-21-25-33-42-54(43-34-26-22-20-16-10-2)60-53(14-6)41-32-28-24-30-36-47-57(48-37-45-56-55(58)50(7)8)46-35-29-23-27-31-40-52(13-5)59-49-44-51(38-17-11-3)39-18-12-4;/h50-51,54H,5-6,9-12,15-49H2,1-4,7-8H3,(H,56,58);1H. The van der Waals surface area contributed by atoms with Gasteiger partial charge in [-0.15, -0.1) is 0 Å². The third-order valence-electron chi connectivity index (χ3n) is 12.4. The summed E-state index contributed by atoms with van der Waals surface area (Å²) in [5.74, 6) is 2.97. The van der Waals surface area contributed by atoms with Crippen LogP contribution in [0.1, 0.15) is 261 Å². The fourth-order valence-electron chi connectivity index (χ4n) is 8.29. The molecule has 0 spiro atoms. The first-order chi connectivity index (χ1) is 29.3. The Labute approximate surface area is 377 Å². The molecule has 0 rings (SSSR count). The topological polar surface area (TPSA) is 50.8 Å². The Morgan fingerprint density at radius 3 is 1.45 bits per heavy atom. The highest BCUT2D eigenvalue weighted by Gasteiger charge is 2.13. The molecule has 0 radical (unpaired) electrons. The van der Waals surface area contributed by atoms with E-state index in [1.165, 1.54) is 180 Å². The molecule has 1 N–H and O–H groups in total. The molecule has 0 saturated heterocycles. The molecule has 0 aliphatic carbocycles. The van der Waals surface area contributed by atoms with Gasteiger partial charge in [-0.2, -0.15) is 0 Å². The zero-order chi connectivity index (χ0) is 44.2. The molecule has 354 valence electrons. The Morgan fingerprint density at radius 2 is 0.967 bits per heavy atom. The van der Waals surface area contributed by atoms with Crippen molar-refractivity contribution in [3.8, 4) is 0 Å². The van der Waals surface area contributed by atoms with Crippen LogP contribution in [0.4, 0.5) is 0 Å². The number of amides is 1. The number of unbranched alkanes of at least 4 members (excludes halogenated alkanes) is 20. The van der Waals surface area contributed by atoms with Gasteiger partial charge in [0.05, 0.1) is 12.7 Å². The first-order valence-corrected chi connectivity index (χ1v) is 26.4. The van der Waals surface area contributed by atoms with E-state index in [9.17, 15) is 4.79 Å². The summed E-state index contributed by atoms with van der Waals surface area (Å²) in [5, 5.41) is 3.12. The zero-order valence-electron chi connectivity index (χ0n) is 41.4. The Bertz CT molecular complexity index is 1030. The minimum absolute atomic E-state index is 0. The Balaban J connectivity index is 0. The number of hydrogen-bond donors (Lipinski definition) is 1. The Hall–Kier alpha value is -1.93. The maximum absolute atomic E-state index is 12.1. The molecule has 0 aliphatic heterocycles. The number of hydrogen-bond acceptors (Lipinski definition) is 4. The normalized spacial score (nSPS) is 11.4. The third kappa shape index (κ3) is 37.8. The Kier molecular flexibility index (Phi) is 43.7. The first-order valence-electron chi connectivity index (χ1n) is 26.4. The summed E-state index contributed by atoms with van der Waals surface area (Å²) in [6.07, 6.45) is 43.1. The molecular formula is C55H106N2O3. The van der Waals surface area contributed by atoms with Crippen molar-refractivity contribution >= 4 is 5.91 Å². The van der Waals surface area contributed by atoms with Gasteiger partial charge in [-0.05, 0) is 89.8 Å².